The maximum atomic E-state index is 9.94. The van der Waals surface area contributed by atoms with Gasteiger partial charge in [-0.2, -0.15) is 0 Å². The molecule has 0 amide bonds. The number of hydrogen-bond acceptors (Lipinski definition) is 2. The van der Waals surface area contributed by atoms with Crippen LogP contribution in [0.5, 0.6) is 0 Å². The molecule has 0 bridgehead atoms. The molecule has 0 aliphatic carbocycles. The van der Waals surface area contributed by atoms with Gasteiger partial charge in [-0.25, -0.2) is 0 Å². The van der Waals surface area contributed by atoms with E-state index in [-0.39, 0.29) is 11.5 Å². The quantitative estimate of drug-likeness (QED) is 0.441. The first-order valence-corrected chi connectivity index (χ1v) is 4.28. The van der Waals surface area contributed by atoms with E-state index in [2.05, 4.69) is 13.8 Å². The Morgan fingerprint density at radius 1 is 1.45 bits per heavy atom. The summed E-state index contributed by atoms with van der Waals surface area (Å²) in [6, 6.07) is 0. The Morgan fingerprint density at radius 2 is 2.09 bits per heavy atom. The lowest BCUT2D eigenvalue weighted by atomic mass is 10.0. The first-order chi connectivity index (χ1) is 5.16. The van der Waals surface area contributed by atoms with E-state index in [4.69, 9.17) is 0 Å². The Labute approximate surface area is 67.9 Å². The molecule has 11 heavy (non-hydrogen) atoms. The van der Waals surface area contributed by atoms with Gasteiger partial charge in [-0.15, -0.1) is 0 Å². The van der Waals surface area contributed by atoms with Crippen molar-refractivity contribution in [2.45, 2.75) is 39.5 Å². The van der Waals surface area contributed by atoms with Gasteiger partial charge in [0.25, 0.3) is 0 Å². The lowest BCUT2D eigenvalue weighted by Crippen LogP contribution is -2.03. The number of rotatable bonds is 6. The molecular weight excluding hydrogens is 142 g/mol. The van der Waals surface area contributed by atoms with Crippen molar-refractivity contribution in [3.05, 3.63) is 10.1 Å². The van der Waals surface area contributed by atoms with E-state index in [1.165, 1.54) is 12.8 Å². The van der Waals surface area contributed by atoms with E-state index in [1.54, 1.807) is 0 Å². The van der Waals surface area contributed by atoms with Gasteiger partial charge >= 0.3 is 0 Å². The van der Waals surface area contributed by atoms with E-state index in [0.717, 1.165) is 12.8 Å². The summed E-state index contributed by atoms with van der Waals surface area (Å²) in [5.74, 6) is 0.653. The summed E-state index contributed by atoms with van der Waals surface area (Å²) in [6.07, 6.45) is 4.10. The van der Waals surface area contributed by atoms with Crippen LogP contribution >= 0.6 is 0 Å². The van der Waals surface area contributed by atoms with Crippen LogP contribution in [0.3, 0.4) is 0 Å². The van der Waals surface area contributed by atoms with Gasteiger partial charge < -0.3 is 0 Å². The van der Waals surface area contributed by atoms with Crippen molar-refractivity contribution < 1.29 is 4.92 Å². The minimum absolute atomic E-state index is 0.133. The Morgan fingerprint density at radius 3 is 2.55 bits per heavy atom. The fourth-order valence-corrected chi connectivity index (χ4v) is 1.21. The second-order valence-corrected chi connectivity index (χ2v) is 3.09. The molecule has 3 heteroatoms. The van der Waals surface area contributed by atoms with Gasteiger partial charge in [0.05, 0.1) is 0 Å². The van der Waals surface area contributed by atoms with Gasteiger partial charge in [0, 0.05) is 11.3 Å². The van der Waals surface area contributed by atoms with Crippen molar-refractivity contribution in [2.75, 3.05) is 6.54 Å². The monoisotopic (exact) mass is 159 g/mol. The number of hydrogen-bond donors (Lipinski definition) is 0. The molecule has 1 unspecified atom stereocenters. The summed E-state index contributed by atoms with van der Waals surface area (Å²) in [5.41, 5.74) is 0. The van der Waals surface area contributed by atoms with Crippen molar-refractivity contribution in [1.29, 1.82) is 0 Å². The molecule has 1 atom stereocenters. The summed E-state index contributed by atoms with van der Waals surface area (Å²) in [6.45, 7) is 4.43. The fourth-order valence-electron chi connectivity index (χ4n) is 1.21. The molecule has 3 nitrogen and oxygen atoms in total. The molecule has 0 heterocycles. The zero-order chi connectivity index (χ0) is 8.69. The molecule has 0 aromatic rings. The van der Waals surface area contributed by atoms with Crippen LogP contribution in [0.15, 0.2) is 0 Å². The van der Waals surface area contributed by atoms with E-state index < -0.39 is 0 Å². The zero-order valence-corrected chi connectivity index (χ0v) is 7.38. The average molecular weight is 159 g/mol. The molecule has 0 N–H and O–H groups in total. The second-order valence-electron chi connectivity index (χ2n) is 3.09. The highest BCUT2D eigenvalue weighted by atomic mass is 16.6. The molecule has 66 valence electrons. The summed E-state index contributed by atoms with van der Waals surface area (Å²) in [7, 11) is 0. The second kappa shape index (κ2) is 6.13. The Kier molecular flexibility index (Phi) is 5.80. The molecule has 0 aromatic carbocycles. The standard InChI is InChI=1S/C8H17NO2/c1-3-5-8(2)6-4-7-9(10)11/h8H,3-7H2,1-2H3. The Bertz CT molecular complexity index is 115. The maximum Gasteiger partial charge on any atom is 0.203 e. The molecule has 0 saturated carbocycles. The van der Waals surface area contributed by atoms with Crippen LogP contribution in [0.2, 0.25) is 0 Å². The predicted molar refractivity (Wildman–Crippen MR) is 45.2 cm³/mol. The van der Waals surface area contributed by atoms with E-state index in [1.807, 2.05) is 0 Å². The lowest BCUT2D eigenvalue weighted by molar-refractivity contribution is -0.480. The molecule has 0 aliphatic heterocycles. The van der Waals surface area contributed by atoms with Crippen LogP contribution in [0.1, 0.15) is 39.5 Å². The minimum Gasteiger partial charge on any atom is -0.265 e. The summed E-state index contributed by atoms with van der Waals surface area (Å²) in [4.78, 5) is 9.71. The van der Waals surface area contributed by atoms with Crippen molar-refractivity contribution in [3.63, 3.8) is 0 Å². The summed E-state index contributed by atoms with van der Waals surface area (Å²) >= 11 is 0. The predicted octanol–water partition coefficient (Wildman–Crippen LogP) is 2.48. The SMILES string of the molecule is CCCC(C)CCC[N+](=O)[O-]. The third kappa shape index (κ3) is 7.30. The molecule has 0 radical (unpaired) electrons. The van der Waals surface area contributed by atoms with Gasteiger partial charge in [-0.1, -0.05) is 26.7 Å². The average Bonchev–Trinajstić information content (AvgIpc) is 1.87. The van der Waals surface area contributed by atoms with Crippen LogP contribution in [-0.4, -0.2) is 11.5 Å². The molecule has 0 fully saturated rings. The van der Waals surface area contributed by atoms with Gasteiger partial charge in [0.1, 0.15) is 0 Å². The molecule has 0 spiro atoms. The van der Waals surface area contributed by atoms with E-state index in [0.29, 0.717) is 5.92 Å². The largest absolute Gasteiger partial charge is 0.265 e. The third-order valence-electron chi connectivity index (χ3n) is 1.82. The zero-order valence-electron chi connectivity index (χ0n) is 7.38. The normalized spacial score (nSPS) is 12.9. The van der Waals surface area contributed by atoms with E-state index >= 15 is 0 Å². The lowest BCUT2D eigenvalue weighted by Gasteiger charge is -2.06. The van der Waals surface area contributed by atoms with Crippen molar-refractivity contribution in [3.8, 4) is 0 Å². The number of nitro groups is 1. The molecule has 0 rings (SSSR count). The first-order valence-electron chi connectivity index (χ1n) is 4.28. The van der Waals surface area contributed by atoms with Gasteiger partial charge in [-0.05, 0) is 12.3 Å². The molecule has 0 aromatic heterocycles. The number of nitrogens with zero attached hydrogens (tertiary/aromatic N) is 1. The van der Waals surface area contributed by atoms with Gasteiger partial charge in [0.15, 0.2) is 0 Å². The fraction of sp³-hybridized carbons (Fsp3) is 1.00. The minimum atomic E-state index is -0.237. The Balaban J connectivity index is 3.16. The first kappa shape index (κ1) is 10.4. The van der Waals surface area contributed by atoms with Crippen LogP contribution in [0, 0.1) is 16.0 Å². The Hall–Kier alpha value is -0.600. The highest BCUT2D eigenvalue weighted by Gasteiger charge is 2.02. The summed E-state index contributed by atoms with van der Waals surface area (Å²) in [5, 5.41) is 9.94. The van der Waals surface area contributed by atoms with Crippen molar-refractivity contribution in [1.82, 2.24) is 0 Å². The molecular formula is C8H17NO2. The summed E-state index contributed by atoms with van der Waals surface area (Å²) < 4.78 is 0. The van der Waals surface area contributed by atoms with Crippen molar-refractivity contribution in [2.24, 2.45) is 5.92 Å². The smallest absolute Gasteiger partial charge is 0.203 e. The third-order valence-corrected chi connectivity index (χ3v) is 1.82. The maximum absolute atomic E-state index is 9.94. The van der Waals surface area contributed by atoms with Crippen LogP contribution in [0.4, 0.5) is 0 Å². The van der Waals surface area contributed by atoms with Crippen molar-refractivity contribution >= 4 is 0 Å². The van der Waals surface area contributed by atoms with Crippen LogP contribution in [-0.2, 0) is 0 Å². The molecule has 0 saturated heterocycles. The van der Waals surface area contributed by atoms with Crippen LogP contribution < -0.4 is 0 Å². The highest BCUT2D eigenvalue weighted by molar-refractivity contribution is 4.51. The van der Waals surface area contributed by atoms with Crippen LogP contribution in [0.25, 0.3) is 0 Å². The van der Waals surface area contributed by atoms with Gasteiger partial charge in [0.2, 0.25) is 6.54 Å². The molecule has 0 aliphatic rings. The van der Waals surface area contributed by atoms with Gasteiger partial charge in [-0.3, -0.25) is 10.1 Å². The topological polar surface area (TPSA) is 43.1 Å². The van der Waals surface area contributed by atoms with E-state index in [9.17, 15) is 10.1 Å². The highest BCUT2D eigenvalue weighted by Crippen LogP contribution is 2.11.